The van der Waals surface area contributed by atoms with Crippen LogP contribution in [-0.2, 0) is 14.8 Å². The fraction of sp³-hybridized carbons (Fsp3) is 0.480. The highest BCUT2D eigenvalue weighted by Gasteiger charge is 2.33. The van der Waals surface area contributed by atoms with Crippen LogP contribution in [0.25, 0.3) is 0 Å². The third kappa shape index (κ3) is 6.06. The maximum atomic E-state index is 13.1. The van der Waals surface area contributed by atoms with E-state index in [2.05, 4.69) is 19.2 Å². The standard InChI is InChI=1S/C25H34N2O5S/c1-18(2)16-22(19-8-6-5-7-9-19)26-25(28)20-12-14-27(15-13-20)33(29,30)21-10-11-23(31-3)24(17-21)32-4/h5-11,17-18,20,22H,12-16H2,1-4H3,(H,26,28). The first-order chi connectivity index (χ1) is 15.8. The summed E-state index contributed by atoms with van der Waals surface area (Å²) in [5.41, 5.74) is 1.09. The van der Waals surface area contributed by atoms with Gasteiger partial charge in [0, 0.05) is 25.1 Å². The topological polar surface area (TPSA) is 84.9 Å². The zero-order chi connectivity index (χ0) is 24.0. The highest BCUT2D eigenvalue weighted by atomic mass is 32.2. The van der Waals surface area contributed by atoms with Crippen molar-refractivity contribution in [3.05, 3.63) is 54.1 Å². The molecule has 0 bridgehead atoms. The molecule has 1 saturated heterocycles. The second kappa shape index (κ2) is 11.0. The van der Waals surface area contributed by atoms with Gasteiger partial charge in [-0.15, -0.1) is 0 Å². The summed E-state index contributed by atoms with van der Waals surface area (Å²) in [5, 5.41) is 3.21. The number of rotatable bonds is 9. The van der Waals surface area contributed by atoms with Crippen molar-refractivity contribution >= 4 is 15.9 Å². The van der Waals surface area contributed by atoms with Gasteiger partial charge in [-0.3, -0.25) is 4.79 Å². The van der Waals surface area contributed by atoms with Crippen molar-refractivity contribution in [3.63, 3.8) is 0 Å². The number of benzene rings is 2. The smallest absolute Gasteiger partial charge is 0.243 e. The molecule has 3 rings (SSSR count). The van der Waals surface area contributed by atoms with Gasteiger partial charge < -0.3 is 14.8 Å². The minimum absolute atomic E-state index is 0.00679. The third-order valence-electron chi connectivity index (χ3n) is 6.04. The molecule has 2 aromatic rings. The zero-order valence-corrected chi connectivity index (χ0v) is 20.6. The summed E-state index contributed by atoms with van der Waals surface area (Å²) in [6, 6.07) is 14.5. The van der Waals surface area contributed by atoms with E-state index in [0.29, 0.717) is 43.3 Å². The van der Waals surface area contributed by atoms with Crippen molar-refractivity contribution < 1.29 is 22.7 Å². The SMILES string of the molecule is COc1ccc(S(=O)(=O)N2CCC(C(=O)NC(CC(C)C)c3ccccc3)CC2)cc1OC. The van der Waals surface area contributed by atoms with Crippen LogP contribution in [0.15, 0.2) is 53.4 Å². The van der Waals surface area contributed by atoms with E-state index >= 15 is 0 Å². The van der Waals surface area contributed by atoms with E-state index in [0.717, 1.165) is 12.0 Å². The molecule has 33 heavy (non-hydrogen) atoms. The van der Waals surface area contributed by atoms with E-state index in [1.807, 2.05) is 30.3 Å². The monoisotopic (exact) mass is 474 g/mol. The predicted molar refractivity (Wildman–Crippen MR) is 128 cm³/mol. The normalized spacial score (nSPS) is 16.4. The zero-order valence-electron chi connectivity index (χ0n) is 19.8. The molecule has 7 nitrogen and oxygen atoms in total. The van der Waals surface area contributed by atoms with E-state index in [4.69, 9.17) is 9.47 Å². The molecule has 0 aromatic heterocycles. The Morgan fingerprint density at radius 3 is 2.24 bits per heavy atom. The van der Waals surface area contributed by atoms with Crippen molar-refractivity contribution in [2.75, 3.05) is 27.3 Å². The third-order valence-corrected chi connectivity index (χ3v) is 7.94. The van der Waals surface area contributed by atoms with Gasteiger partial charge in [0.25, 0.3) is 0 Å². The molecule has 0 radical (unpaired) electrons. The van der Waals surface area contributed by atoms with Crippen molar-refractivity contribution in [1.29, 1.82) is 0 Å². The molecule has 1 heterocycles. The summed E-state index contributed by atoms with van der Waals surface area (Å²) in [4.78, 5) is 13.2. The van der Waals surface area contributed by atoms with Crippen LogP contribution in [0.5, 0.6) is 11.5 Å². The van der Waals surface area contributed by atoms with Crippen molar-refractivity contribution in [3.8, 4) is 11.5 Å². The number of amides is 1. The Morgan fingerprint density at radius 2 is 1.67 bits per heavy atom. The van der Waals surface area contributed by atoms with Crippen LogP contribution in [0, 0.1) is 11.8 Å². The van der Waals surface area contributed by atoms with Gasteiger partial charge in [0.15, 0.2) is 11.5 Å². The van der Waals surface area contributed by atoms with Crippen LogP contribution in [0.2, 0.25) is 0 Å². The summed E-state index contributed by atoms with van der Waals surface area (Å²) in [6.07, 6.45) is 1.82. The summed E-state index contributed by atoms with van der Waals surface area (Å²) in [6.45, 7) is 4.88. The maximum absolute atomic E-state index is 13.1. The molecule has 1 fully saturated rings. The molecule has 1 aliphatic rings. The lowest BCUT2D eigenvalue weighted by molar-refractivity contribution is -0.127. The minimum Gasteiger partial charge on any atom is -0.493 e. The Morgan fingerprint density at radius 1 is 1.03 bits per heavy atom. The summed E-state index contributed by atoms with van der Waals surface area (Å²) in [7, 11) is -0.707. The molecule has 0 saturated carbocycles. The van der Waals surface area contributed by atoms with E-state index in [9.17, 15) is 13.2 Å². The molecule has 1 amide bonds. The van der Waals surface area contributed by atoms with Gasteiger partial charge in [-0.2, -0.15) is 4.31 Å². The molecule has 1 atom stereocenters. The molecular weight excluding hydrogens is 440 g/mol. The van der Waals surface area contributed by atoms with Gasteiger partial charge in [0.1, 0.15) is 0 Å². The minimum atomic E-state index is -3.68. The Hall–Kier alpha value is -2.58. The molecule has 180 valence electrons. The second-order valence-corrected chi connectivity index (χ2v) is 10.7. The van der Waals surface area contributed by atoms with E-state index in [1.165, 1.54) is 30.7 Å². The number of nitrogens with zero attached hydrogens (tertiary/aromatic N) is 1. The molecular formula is C25H34N2O5S. The average Bonchev–Trinajstić information content (AvgIpc) is 2.83. The van der Waals surface area contributed by atoms with Crippen LogP contribution in [-0.4, -0.2) is 45.9 Å². The predicted octanol–water partition coefficient (Wildman–Crippen LogP) is 4.01. The largest absolute Gasteiger partial charge is 0.493 e. The van der Waals surface area contributed by atoms with Crippen LogP contribution in [0.1, 0.15) is 44.7 Å². The lowest BCUT2D eigenvalue weighted by Crippen LogP contribution is -2.43. The van der Waals surface area contributed by atoms with Gasteiger partial charge in [-0.05, 0) is 42.9 Å². The number of ether oxygens (including phenoxy) is 2. The number of sulfonamides is 1. The number of carbonyl (C=O) groups excluding carboxylic acids is 1. The van der Waals surface area contributed by atoms with E-state index in [1.54, 1.807) is 6.07 Å². The Bertz CT molecular complexity index is 1030. The summed E-state index contributed by atoms with van der Waals surface area (Å²) >= 11 is 0. The molecule has 1 unspecified atom stereocenters. The highest BCUT2D eigenvalue weighted by Crippen LogP contribution is 2.32. The van der Waals surface area contributed by atoms with Crippen molar-refractivity contribution in [1.82, 2.24) is 9.62 Å². The fourth-order valence-electron chi connectivity index (χ4n) is 4.21. The number of nitrogens with one attached hydrogen (secondary N) is 1. The Balaban J connectivity index is 1.65. The number of piperidine rings is 1. The van der Waals surface area contributed by atoms with Gasteiger partial charge in [-0.25, -0.2) is 8.42 Å². The summed E-state index contributed by atoms with van der Waals surface area (Å²) < 4.78 is 38.2. The first-order valence-electron chi connectivity index (χ1n) is 11.3. The molecule has 1 N–H and O–H groups in total. The lowest BCUT2D eigenvalue weighted by atomic mass is 9.93. The molecule has 2 aromatic carbocycles. The lowest BCUT2D eigenvalue weighted by Gasteiger charge is -2.32. The maximum Gasteiger partial charge on any atom is 0.243 e. The molecule has 1 aliphatic heterocycles. The van der Waals surface area contributed by atoms with Crippen LogP contribution in [0.4, 0.5) is 0 Å². The average molecular weight is 475 g/mol. The van der Waals surface area contributed by atoms with Crippen LogP contribution >= 0.6 is 0 Å². The van der Waals surface area contributed by atoms with E-state index < -0.39 is 10.0 Å². The number of hydrogen-bond acceptors (Lipinski definition) is 5. The Labute approximate surface area is 197 Å². The molecule has 8 heteroatoms. The fourth-order valence-corrected chi connectivity index (χ4v) is 5.69. The number of methoxy groups -OCH3 is 2. The summed E-state index contributed by atoms with van der Waals surface area (Å²) in [5.74, 6) is 1.06. The van der Waals surface area contributed by atoms with Gasteiger partial charge >= 0.3 is 0 Å². The number of carbonyl (C=O) groups is 1. The van der Waals surface area contributed by atoms with E-state index in [-0.39, 0.29) is 22.8 Å². The van der Waals surface area contributed by atoms with Crippen LogP contribution < -0.4 is 14.8 Å². The van der Waals surface area contributed by atoms with Crippen LogP contribution in [0.3, 0.4) is 0 Å². The second-order valence-electron chi connectivity index (χ2n) is 8.80. The quantitative estimate of drug-likeness (QED) is 0.594. The number of hydrogen-bond donors (Lipinski definition) is 1. The van der Waals surface area contributed by atoms with Crippen molar-refractivity contribution in [2.24, 2.45) is 11.8 Å². The molecule has 0 aliphatic carbocycles. The van der Waals surface area contributed by atoms with Crippen molar-refractivity contribution in [2.45, 2.75) is 44.0 Å². The van der Waals surface area contributed by atoms with Gasteiger partial charge in [-0.1, -0.05) is 44.2 Å². The van der Waals surface area contributed by atoms with Gasteiger partial charge in [0.2, 0.25) is 15.9 Å². The van der Waals surface area contributed by atoms with Gasteiger partial charge in [0.05, 0.1) is 25.2 Å². The Kier molecular flexibility index (Phi) is 8.37. The first kappa shape index (κ1) is 25.1. The highest BCUT2D eigenvalue weighted by molar-refractivity contribution is 7.89. The first-order valence-corrected chi connectivity index (χ1v) is 12.8. The molecule has 0 spiro atoms.